The molecule has 130 valence electrons. The van der Waals surface area contributed by atoms with Gasteiger partial charge in [0, 0.05) is 19.5 Å². The zero-order valence-electron chi connectivity index (χ0n) is 14.5. The van der Waals surface area contributed by atoms with E-state index in [0.29, 0.717) is 11.9 Å². The van der Waals surface area contributed by atoms with E-state index < -0.39 is 0 Å². The summed E-state index contributed by atoms with van der Waals surface area (Å²) in [6.45, 7) is 5.73. The molecule has 1 aliphatic heterocycles. The van der Waals surface area contributed by atoms with E-state index in [4.69, 9.17) is 9.26 Å². The molecule has 2 aromatic rings. The second-order valence-corrected chi connectivity index (χ2v) is 6.36. The van der Waals surface area contributed by atoms with Gasteiger partial charge in [0.15, 0.2) is 5.82 Å². The van der Waals surface area contributed by atoms with E-state index >= 15 is 0 Å². The highest BCUT2D eigenvalue weighted by atomic mass is 16.5. The van der Waals surface area contributed by atoms with Crippen LogP contribution >= 0.6 is 0 Å². The van der Waals surface area contributed by atoms with Crippen molar-refractivity contribution in [2.75, 3.05) is 26.7 Å². The van der Waals surface area contributed by atoms with Crippen LogP contribution < -0.4 is 10.1 Å². The Kier molecular flexibility index (Phi) is 5.82. The predicted octanol–water partition coefficient (Wildman–Crippen LogP) is 2.18. The number of benzene rings is 1. The van der Waals surface area contributed by atoms with E-state index in [1.54, 1.807) is 7.11 Å². The fourth-order valence-corrected chi connectivity index (χ4v) is 3.18. The summed E-state index contributed by atoms with van der Waals surface area (Å²) >= 11 is 0. The van der Waals surface area contributed by atoms with E-state index in [0.717, 1.165) is 44.2 Å². The Labute approximate surface area is 143 Å². The van der Waals surface area contributed by atoms with Crippen LogP contribution in [0.25, 0.3) is 0 Å². The molecule has 1 atom stereocenters. The van der Waals surface area contributed by atoms with Gasteiger partial charge in [-0.1, -0.05) is 17.3 Å². The Morgan fingerprint density at radius 1 is 1.33 bits per heavy atom. The molecule has 1 saturated heterocycles. The zero-order chi connectivity index (χ0) is 16.8. The van der Waals surface area contributed by atoms with Gasteiger partial charge in [-0.25, -0.2) is 0 Å². The molecule has 0 amide bonds. The number of hydrogen-bond acceptors (Lipinski definition) is 6. The number of methoxy groups -OCH3 is 1. The molecule has 0 aliphatic carbocycles. The summed E-state index contributed by atoms with van der Waals surface area (Å²) in [6.07, 6.45) is 3.46. The van der Waals surface area contributed by atoms with Crippen LogP contribution in [0.15, 0.2) is 28.8 Å². The predicted molar refractivity (Wildman–Crippen MR) is 92.0 cm³/mol. The Hall–Kier alpha value is -1.92. The molecule has 2 heterocycles. The lowest BCUT2D eigenvalue weighted by atomic mass is 10.1. The van der Waals surface area contributed by atoms with Crippen molar-refractivity contribution in [2.24, 2.45) is 0 Å². The molecule has 0 unspecified atom stereocenters. The SMILES string of the molecule is COc1ccc(CCN[C@H]2CCCN(Cc3noc(C)n3)C2)cc1. The number of ether oxygens (including phenoxy) is 1. The lowest BCUT2D eigenvalue weighted by molar-refractivity contribution is 0.178. The molecule has 0 radical (unpaired) electrons. The van der Waals surface area contributed by atoms with E-state index in [1.807, 2.05) is 19.1 Å². The van der Waals surface area contributed by atoms with Crippen LogP contribution in [0.4, 0.5) is 0 Å². The zero-order valence-corrected chi connectivity index (χ0v) is 14.5. The molecule has 6 nitrogen and oxygen atoms in total. The minimum atomic E-state index is 0.532. The van der Waals surface area contributed by atoms with Crippen LogP contribution in [0.2, 0.25) is 0 Å². The van der Waals surface area contributed by atoms with Gasteiger partial charge in [-0.3, -0.25) is 4.90 Å². The smallest absolute Gasteiger partial charge is 0.223 e. The summed E-state index contributed by atoms with van der Waals surface area (Å²) in [5, 5.41) is 7.67. The number of piperidine rings is 1. The fourth-order valence-electron chi connectivity index (χ4n) is 3.18. The largest absolute Gasteiger partial charge is 0.497 e. The Morgan fingerprint density at radius 3 is 2.88 bits per heavy atom. The first-order chi connectivity index (χ1) is 11.7. The monoisotopic (exact) mass is 330 g/mol. The first kappa shape index (κ1) is 16.9. The second-order valence-electron chi connectivity index (χ2n) is 6.36. The Bertz CT molecular complexity index is 626. The molecule has 1 N–H and O–H groups in total. The number of rotatable bonds is 7. The van der Waals surface area contributed by atoms with Crippen LogP contribution in [0.3, 0.4) is 0 Å². The van der Waals surface area contributed by atoms with Gasteiger partial charge in [-0.15, -0.1) is 0 Å². The molecule has 0 spiro atoms. The van der Waals surface area contributed by atoms with Gasteiger partial charge in [0.25, 0.3) is 0 Å². The topological polar surface area (TPSA) is 63.4 Å². The number of hydrogen-bond donors (Lipinski definition) is 1. The molecule has 3 rings (SSSR count). The summed E-state index contributed by atoms with van der Waals surface area (Å²) in [7, 11) is 1.70. The number of nitrogens with one attached hydrogen (secondary N) is 1. The first-order valence-electron chi connectivity index (χ1n) is 8.61. The summed E-state index contributed by atoms with van der Waals surface area (Å²) in [4.78, 5) is 6.70. The Balaban J connectivity index is 1.41. The number of likely N-dealkylation sites (tertiary alicyclic amines) is 1. The van der Waals surface area contributed by atoms with Crippen molar-refractivity contribution in [2.45, 2.75) is 38.8 Å². The van der Waals surface area contributed by atoms with Crippen molar-refractivity contribution in [3.63, 3.8) is 0 Å². The summed E-state index contributed by atoms with van der Waals surface area (Å²) in [5.41, 5.74) is 1.33. The number of nitrogens with zero attached hydrogens (tertiary/aromatic N) is 3. The lowest BCUT2D eigenvalue weighted by Crippen LogP contribution is -2.45. The molecule has 1 fully saturated rings. The first-order valence-corrected chi connectivity index (χ1v) is 8.61. The van der Waals surface area contributed by atoms with Crippen molar-refractivity contribution in [3.8, 4) is 5.75 Å². The fraction of sp³-hybridized carbons (Fsp3) is 0.556. The second kappa shape index (κ2) is 8.26. The average Bonchev–Trinajstić information content (AvgIpc) is 3.01. The van der Waals surface area contributed by atoms with Crippen molar-refractivity contribution >= 4 is 0 Å². The quantitative estimate of drug-likeness (QED) is 0.839. The highest BCUT2D eigenvalue weighted by molar-refractivity contribution is 5.27. The maximum absolute atomic E-state index is 5.19. The molecule has 24 heavy (non-hydrogen) atoms. The van der Waals surface area contributed by atoms with Crippen molar-refractivity contribution in [3.05, 3.63) is 41.5 Å². The van der Waals surface area contributed by atoms with Crippen LogP contribution in [0.1, 0.15) is 30.1 Å². The third-order valence-electron chi connectivity index (χ3n) is 4.45. The maximum Gasteiger partial charge on any atom is 0.223 e. The van der Waals surface area contributed by atoms with Gasteiger partial charge >= 0.3 is 0 Å². The molecule has 0 bridgehead atoms. The summed E-state index contributed by atoms with van der Waals surface area (Å²) < 4.78 is 10.2. The third-order valence-corrected chi connectivity index (χ3v) is 4.45. The van der Waals surface area contributed by atoms with Gasteiger partial charge in [0.1, 0.15) is 5.75 Å². The van der Waals surface area contributed by atoms with Crippen molar-refractivity contribution < 1.29 is 9.26 Å². The average molecular weight is 330 g/mol. The molecule has 1 aromatic carbocycles. The normalized spacial score (nSPS) is 18.7. The van der Waals surface area contributed by atoms with Gasteiger partial charge in [0.2, 0.25) is 5.89 Å². The number of aromatic nitrogens is 2. The van der Waals surface area contributed by atoms with Crippen LogP contribution in [0.5, 0.6) is 5.75 Å². The highest BCUT2D eigenvalue weighted by Crippen LogP contribution is 2.14. The summed E-state index contributed by atoms with van der Waals surface area (Å²) in [6, 6.07) is 8.83. The minimum Gasteiger partial charge on any atom is -0.497 e. The number of aryl methyl sites for hydroxylation is 1. The Morgan fingerprint density at radius 2 is 2.17 bits per heavy atom. The molecule has 1 aromatic heterocycles. The third kappa shape index (κ3) is 4.79. The van der Waals surface area contributed by atoms with Crippen LogP contribution in [0, 0.1) is 6.92 Å². The lowest BCUT2D eigenvalue weighted by Gasteiger charge is -2.32. The highest BCUT2D eigenvalue weighted by Gasteiger charge is 2.20. The molecule has 0 saturated carbocycles. The van der Waals surface area contributed by atoms with E-state index in [-0.39, 0.29) is 0 Å². The molecular weight excluding hydrogens is 304 g/mol. The van der Waals surface area contributed by atoms with Crippen LogP contribution in [-0.2, 0) is 13.0 Å². The van der Waals surface area contributed by atoms with Gasteiger partial charge < -0.3 is 14.6 Å². The van der Waals surface area contributed by atoms with Gasteiger partial charge in [-0.2, -0.15) is 4.98 Å². The maximum atomic E-state index is 5.19. The van der Waals surface area contributed by atoms with E-state index in [9.17, 15) is 0 Å². The molecule has 6 heteroatoms. The van der Waals surface area contributed by atoms with Crippen molar-refractivity contribution in [1.29, 1.82) is 0 Å². The minimum absolute atomic E-state index is 0.532. The van der Waals surface area contributed by atoms with E-state index in [2.05, 4.69) is 32.5 Å². The molecule has 1 aliphatic rings. The summed E-state index contributed by atoms with van der Waals surface area (Å²) in [5.74, 6) is 2.33. The van der Waals surface area contributed by atoms with Gasteiger partial charge in [-0.05, 0) is 50.0 Å². The standard InChI is InChI=1S/C18H26N4O2/c1-14-20-18(21-24-14)13-22-11-3-4-16(12-22)19-10-9-15-5-7-17(23-2)8-6-15/h5-8,16,19H,3-4,9-13H2,1-2H3/t16-/m0/s1. The van der Waals surface area contributed by atoms with Gasteiger partial charge in [0.05, 0.1) is 13.7 Å². The molecular formula is C18H26N4O2. The van der Waals surface area contributed by atoms with E-state index in [1.165, 1.54) is 18.4 Å². The van der Waals surface area contributed by atoms with Crippen molar-refractivity contribution in [1.82, 2.24) is 20.4 Å². The van der Waals surface area contributed by atoms with Crippen LogP contribution in [-0.4, -0.2) is 47.8 Å².